The second kappa shape index (κ2) is 21.0. The van der Waals surface area contributed by atoms with Crippen LogP contribution >= 0.6 is 11.8 Å². The fourth-order valence-electron chi connectivity index (χ4n) is 4.49. The zero-order valence-electron chi connectivity index (χ0n) is 24.6. The van der Waals surface area contributed by atoms with E-state index in [1.807, 2.05) is 0 Å². The fourth-order valence-corrected chi connectivity index (χ4v) is 5.57. The molecule has 8 heteroatoms. The highest BCUT2D eigenvalue weighted by Gasteiger charge is 2.28. The van der Waals surface area contributed by atoms with Gasteiger partial charge >= 0.3 is 11.9 Å². The molecule has 0 spiro atoms. The van der Waals surface area contributed by atoms with Crippen LogP contribution in [0.1, 0.15) is 112 Å². The third kappa shape index (κ3) is 20.2. The van der Waals surface area contributed by atoms with Gasteiger partial charge in [-0.15, -0.1) is 0 Å². The molecule has 0 rings (SSSR count). The number of nitrogens with one attached hydrogen (secondary N) is 1. The van der Waals surface area contributed by atoms with E-state index in [9.17, 15) is 24.3 Å². The van der Waals surface area contributed by atoms with E-state index in [1.54, 1.807) is 0 Å². The number of hydrogen-bond acceptors (Lipinski definition) is 5. The number of thioether (sulfide) groups is 1. The van der Waals surface area contributed by atoms with Crippen molar-refractivity contribution in [3.63, 3.8) is 0 Å². The lowest BCUT2D eigenvalue weighted by molar-refractivity contribution is -0.143. The van der Waals surface area contributed by atoms with E-state index in [-0.39, 0.29) is 12.2 Å². The molecule has 38 heavy (non-hydrogen) atoms. The van der Waals surface area contributed by atoms with E-state index in [4.69, 9.17) is 5.11 Å². The Labute approximate surface area is 235 Å². The summed E-state index contributed by atoms with van der Waals surface area (Å²) < 4.78 is 0. The lowest BCUT2D eigenvalue weighted by Gasteiger charge is -2.17. The van der Waals surface area contributed by atoms with E-state index in [0.29, 0.717) is 5.75 Å². The maximum atomic E-state index is 12.4. The van der Waals surface area contributed by atoms with E-state index in [2.05, 4.69) is 46.0 Å². The van der Waals surface area contributed by atoms with Gasteiger partial charge < -0.3 is 15.5 Å². The zero-order valence-corrected chi connectivity index (χ0v) is 25.4. The summed E-state index contributed by atoms with van der Waals surface area (Å²) in [6, 6.07) is -1.21. The minimum atomic E-state index is -1.23. The average Bonchev–Trinajstić information content (AvgIpc) is 2.79. The van der Waals surface area contributed by atoms with Gasteiger partial charge in [0.25, 0.3) is 0 Å². The summed E-state index contributed by atoms with van der Waals surface area (Å²) in [5.41, 5.74) is 1.29. The highest BCUT2D eigenvalue weighted by molar-refractivity contribution is 7.99. The van der Waals surface area contributed by atoms with Gasteiger partial charge in [0, 0.05) is 24.9 Å². The molecule has 0 radical (unpaired) electrons. The number of allylic oxidation sites excluding steroid dienone is 1. The molecule has 0 aliphatic heterocycles. The first-order valence-corrected chi connectivity index (χ1v) is 15.4. The molecule has 0 heterocycles. The monoisotopic (exact) mass is 555 g/mol. The molecule has 0 aliphatic rings. The van der Waals surface area contributed by atoms with Gasteiger partial charge in [0.1, 0.15) is 0 Å². The first-order chi connectivity index (χ1) is 17.8. The average molecular weight is 556 g/mol. The van der Waals surface area contributed by atoms with Crippen molar-refractivity contribution in [2.75, 3.05) is 11.5 Å². The van der Waals surface area contributed by atoms with Gasteiger partial charge in [-0.25, -0.2) is 0 Å². The van der Waals surface area contributed by atoms with Crippen LogP contribution in [0.15, 0.2) is 11.6 Å². The Kier molecular flexibility index (Phi) is 20.0. The molecule has 7 nitrogen and oxygen atoms in total. The number of carboxylic acids is 2. The number of carbonyl (C=O) groups excluding carboxylic acids is 2. The standard InChI is InChI=1S/C30H53NO6S/c1-21(2)10-7-11-22(3)12-8-13-23(4)14-9-15-24(5)16-17-38-20-26(30(36)37)18-28(33)27(19-29(34)35)31-25(6)32/h16,21-23,26-27H,7-15,17-20H2,1-6H3,(H,31,32)(H,34,35)(H,36,37)/b24-16+. The number of carbonyl (C=O) groups is 4. The van der Waals surface area contributed by atoms with Crippen LogP contribution in [-0.2, 0) is 19.2 Å². The minimum Gasteiger partial charge on any atom is -0.481 e. The van der Waals surface area contributed by atoms with Gasteiger partial charge in [-0.05, 0) is 37.5 Å². The second-order valence-corrected chi connectivity index (χ2v) is 12.6. The molecular formula is C30H53NO6S. The summed E-state index contributed by atoms with van der Waals surface area (Å²) in [5.74, 6) is -1.07. The number of carboxylic acid groups (broad SMARTS) is 2. The summed E-state index contributed by atoms with van der Waals surface area (Å²) in [6.45, 7) is 12.6. The van der Waals surface area contributed by atoms with Crippen molar-refractivity contribution >= 4 is 35.4 Å². The molecule has 220 valence electrons. The van der Waals surface area contributed by atoms with Gasteiger partial charge in [-0.3, -0.25) is 19.2 Å². The van der Waals surface area contributed by atoms with E-state index < -0.39 is 42.0 Å². The Morgan fingerprint density at radius 2 is 1.37 bits per heavy atom. The van der Waals surface area contributed by atoms with Crippen LogP contribution in [0.2, 0.25) is 0 Å². The third-order valence-corrected chi connectivity index (χ3v) is 7.99. The summed E-state index contributed by atoms with van der Waals surface area (Å²) in [7, 11) is 0. The molecule has 0 saturated heterocycles. The van der Waals surface area contributed by atoms with Crippen LogP contribution in [0.25, 0.3) is 0 Å². The largest absolute Gasteiger partial charge is 0.481 e. The van der Waals surface area contributed by atoms with E-state index >= 15 is 0 Å². The predicted octanol–water partition coefficient (Wildman–Crippen LogP) is 6.74. The lowest BCUT2D eigenvalue weighted by atomic mass is 9.91. The Balaban J connectivity index is 4.29. The number of amides is 1. The Morgan fingerprint density at radius 1 is 0.816 bits per heavy atom. The Morgan fingerprint density at radius 3 is 1.87 bits per heavy atom. The van der Waals surface area contributed by atoms with Crippen molar-refractivity contribution in [1.82, 2.24) is 5.32 Å². The Bertz CT molecular complexity index is 735. The van der Waals surface area contributed by atoms with Gasteiger partial charge in [0.15, 0.2) is 5.78 Å². The Hall–Kier alpha value is -1.83. The van der Waals surface area contributed by atoms with Crippen LogP contribution in [0.5, 0.6) is 0 Å². The number of rotatable bonds is 23. The topological polar surface area (TPSA) is 121 Å². The molecule has 3 N–H and O–H groups in total. The first kappa shape index (κ1) is 36.2. The zero-order chi connectivity index (χ0) is 29.1. The molecule has 0 aliphatic carbocycles. The fraction of sp³-hybridized carbons (Fsp3) is 0.800. The highest BCUT2D eigenvalue weighted by atomic mass is 32.2. The molecule has 0 fully saturated rings. The highest BCUT2D eigenvalue weighted by Crippen LogP contribution is 2.22. The number of ketones is 1. The van der Waals surface area contributed by atoms with Crippen molar-refractivity contribution in [3.05, 3.63) is 11.6 Å². The predicted molar refractivity (Wildman–Crippen MR) is 156 cm³/mol. The smallest absolute Gasteiger partial charge is 0.307 e. The molecule has 0 aromatic heterocycles. The van der Waals surface area contributed by atoms with Crippen LogP contribution in [-0.4, -0.2) is 51.4 Å². The first-order valence-electron chi connectivity index (χ1n) is 14.3. The van der Waals surface area contributed by atoms with Crippen LogP contribution in [0, 0.1) is 23.7 Å². The van der Waals surface area contributed by atoms with E-state index in [0.717, 1.165) is 30.6 Å². The summed E-state index contributed by atoms with van der Waals surface area (Å²) in [6.07, 6.45) is 12.6. The van der Waals surface area contributed by atoms with Crippen molar-refractivity contribution in [2.24, 2.45) is 23.7 Å². The van der Waals surface area contributed by atoms with Crippen LogP contribution in [0.3, 0.4) is 0 Å². The van der Waals surface area contributed by atoms with Crippen LogP contribution < -0.4 is 5.32 Å². The van der Waals surface area contributed by atoms with E-state index in [1.165, 1.54) is 69.2 Å². The molecule has 0 saturated carbocycles. The number of Topliss-reactive ketones (excluding diaryl/α,β-unsaturated/α-hetero) is 1. The number of aliphatic carboxylic acids is 2. The summed E-state index contributed by atoms with van der Waals surface area (Å²) in [4.78, 5) is 46.4. The number of hydrogen-bond donors (Lipinski definition) is 3. The van der Waals surface area contributed by atoms with Gasteiger partial charge in [-0.2, -0.15) is 11.8 Å². The van der Waals surface area contributed by atoms with Crippen molar-refractivity contribution < 1.29 is 29.4 Å². The maximum Gasteiger partial charge on any atom is 0.307 e. The molecule has 0 aromatic carbocycles. The maximum absolute atomic E-state index is 12.4. The van der Waals surface area contributed by atoms with Gasteiger partial charge in [0.05, 0.1) is 18.4 Å². The van der Waals surface area contributed by atoms with Crippen molar-refractivity contribution in [2.45, 2.75) is 118 Å². The van der Waals surface area contributed by atoms with Crippen molar-refractivity contribution in [3.8, 4) is 0 Å². The van der Waals surface area contributed by atoms with Gasteiger partial charge in [-0.1, -0.05) is 84.3 Å². The molecule has 4 atom stereocenters. The van der Waals surface area contributed by atoms with Crippen molar-refractivity contribution in [1.29, 1.82) is 0 Å². The summed E-state index contributed by atoms with van der Waals surface area (Å²) in [5, 5.41) is 20.8. The van der Waals surface area contributed by atoms with Crippen LogP contribution in [0.4, 0.5) is 0 Å². The second-order valence-electron chi connectivity index (χ2n) is 11.5. The van der Waals surface area contributed by atoms with Gasteiger partial charge in [0.2, 0.25) is 5.91 Å². The normalized spacial score (nSPS) is 15.1. The minimum absolute atomic E-state index is 0.248. The lowest BCUT2D eigenvalue weighted by Crippen LogP contribution is -2.42. The molecule has 0 bridgehead atoms. The molecule has 1 amide bonds. The summed E-state index contributed by atoms with van der Waals surface area (Å²) >= 11 is 1.45. The third-order valence-electron chi connectivity index (χ3n) is 6.95. The quantitative estimate of drug-likeness (QED) is 0.0942. The molecule has 4 unspecified atom stereocenters. The SMILES string of the molecule is CC(=O)NC(CC(=O)O)C(=O)CC(CSC/C=C(\C)CCCC(C)CCCC(C)CCCC(C)C)C(=O)O. The molecule has 0 aromatic rings. The molecular weight excluding hydrogens is 502 g/mol.